The lowest BCUT2D eigenvalue weighted by Crippen LogP contribution is -2.27. The fourth-order valence-corrected chi connectivity index (χ4v) is 2.27. The predicted octanol–water partition coefficient (Wildman–Crippen LogP) is 2.87. The van der Waals surface area contributed by atoms with Crippen LogP contribution in [0, 0.1) is 0 Å². The molecule has 2 rings (SSSR count). The lowest BCUT2D eigenvalue weighted by Gasteiger charge is -2.18. The van der Waals surface area contributed by atoms with Gasteiger partial charge in [0.05, 0.1) is 6.42 Å². The Morgan fingerprint density at radius 2 is 1.48 bits per heavy atom. The van der Waals surface area contributed by atoms with Crippen LogP contribution < -0.4 is 4.90 Å². The second-order valence-electron chi connectivity index (χ2n) is 5.66. The molecule has 0 spiro atoms. The minimum Gasteiger partial charge on any atom is -0.341 e. The normalized spacial score (nSPS) is 10.2. The first-order chi connectivity index (χ1) is 11.0. The van der Waals surface area contributed by atoms with Crippen molar-refractivity contribution in [3.8, 4) is 0 Å². The van der Waals surface area contributed by atoms with Crippen molar-refractivity contribution in [3.05, 3.63) is 65.7 Å². The van der Waals surface area contributed by atoms with Gasteiger partial charge in [0.25, 0.3) is 0 Å². The van der Waals surface area contributed by atoms with Gasteiger partial charge >= 0.3 is 0 Å². The van der Waals surface area contributed by atoms with E-state index in [-0.39, 0.29) is 11.8 Å². The molecule has 4 heteroatoms. The summed E-state index contributed by atoms with van der Waals surface area (Å²) in [5.74, 6) is 0.0537. The van der Waals surface area contributed by atoms with E-state index in [1.165, 1.54) is 6.92 Å². The molecule has 2 aromatic carbocycles. The first-order valence-corrected chi connectivity index (χ1v) is 7.58. The number of hydrogen-bond donors (Lipinski definition) is 0. The van der Waals surface area contributed by atoms with Gasteiger partial charge in [-0.2, -0.15) is 0 Å². The Morgan fingerprint density at radius 1 is 0.870 bits per heavy atom. The van der Waals surface area contributed by atoms with Gasteiger partial charge in [0, 0.05) is 33.3 Å². The zero-order valence-corrected chi connectivity index (χ0v) is 13.8. The van der Waals surface area contributed by atoms with Gasteiger partial charge < -0.3 is 9.80 Å². The summed E-state index contributed by atoms with van der Waals surface area (Å²) < 4.78 is 0. The highest BCUT2D eigenvalue weighted by molar-refractivity contribution is 5.90. The van der Waals surface area contributed by atoms with Crippen molar-refractivity contribution in [1.29, 1.82) is 0 Å². The van der Waals surface area contributed by atoms with E-state index in [0.29, 0.717) is 13.0 Å². The van der Waals surface area contributed by atoms with Crippen LogP contribution in [0.2, 0.25) is 0 Å². The van der Waals surface area contributed by atoms with Crippen molar-refractivity contribution in [3.63, 3.8) is 0 Å². The molecule has 0 radical (unpaired) electrons. The third kappa shape index (κ3) is 4.68. The van der Waals surface area contributed by atoms with Crippen LogP contribution in [0.4, 0.5) is 5.69 Å². The van der Waals surface area contributed by atoms with Gasteiger partial charge in [-0.05, 0) is 23.3 Å². The maximum Gasteiger partial charge on any atom is 0.227 e. The quantitative estimate of drug-likeness (QED) is 0.852. The SMILES string of the molecule is CC(=O)N(C)c1ccc(CC(=O)N(C)Cc2ccccc2)cc1. The predicted molar refractivity (Wildman–Crippen MR) is 92.1 cm³/mol. The zero-order valence-electron chi connectivity index (χ0n) is 13.8. The average molecular weight is 310 g/mol. The number of carbonyl (C=O) groups is 2. The first kappa shape index (κ1) is 16.7. The molecule has 0 atom stereocenters. The van der Waals surface area contributed by atoms with Gasteiger partial charge in [0.2, 0.25) is 11.8 Å². The second-order valence-corrected chi connectivity index (χ2v) is 5.66. The molecule has 0 unspecified atom stereocenters. The molecule has 0 saturated heterocycles. The van der Waals surface area contributed by atoms with E-state index < -0.39 is 0 Å². The first-order valence-electron chi connectivity index (χ1n) is 7.58. The highest BCUT2D eigenvalue weighted by atomic mass is 16.2. The maximum atomic E-state index is 12.3. The molecule has 0 fully saturated rings. The van der Waals surface area contributed by atoms with Crippen molar-refractivity contribution in [2.45, 2.75) is 19.9 Å². The summed E-state index contributed by atoms with van der Waals surface area (Å²) >= 11 is 0. The molecule has 0 aliphatic rings. The lowest BCUT2D eigenvalue weighted by atomic mass is 10.1. The Bertz CT molecular complexity index is 666. The molecule has 2 aromatic rings. The highest BCUT2D eigenvalue weighted by Gasteiger charge is 2.11. The summed E-state index contributed by atoms with van der Waals surface area (Å²) in [4.78, 5) is 26.9. The van der Waals surface area contributed by atoms with E-state index in [4.69, 9.17) is 0 Å². The van der Waals surface area contributed by atoms with Crippen LogP contribution >= 0.6 is 0 Å². The van der Waals surface area contributed by atoms with E-state index in [1.54, 1.807) is 16.8 Å². The van der Waals surface area contributed by atoms with Crippen molar-refractivity contribution in [1.82, 2.24) is 4.90 Å². The lowest BCUT2D eigenvalue weighted by molar-refractivity contribution is -0.129. The minimum atomic E-state index is -0.0172. The third-order valence-electron chi connectivity index (χ3n) is 3.84. The van der Waals surface area contributed by atoms with Crippen LogP contribution in [0.25, 0.3) is 0 Å². The van der Waals surface area contributed by atoms with Gasteiger partial charge in [-0.3, -0.25) is 9.59 Å². The van der Waals surface area contributed by atoms with Crippen LogP contribution in [0.5, 0.6) is 0 Å². The van der Waals surface area contributed by atoms with E-state index in [0.717, 1.165) is 16.8 Å². The van der Waals surface area contributed by atoms with E-state index in [2.05, 4.69) is 0 Å². The van der Waals surface area contributed by atoms with Gasteiger partial charge in [0.1, 0.15) is 0 Å². The maximum absolute atomic E-state index is 12.3. The largest absolute Gasteiger partial charge is 0.341 e. The summed E-state index contributed by atoms with van der Waals surface area (Å²) in [6, 6.07) is 17.4. The molecule has 0 N–H and O–H groups in total. The molecule has 2 amide bonds. The molecule has 23 heavy (non-hydrogen) atoms. The molecule has 4 nitrogen and oxygen atoms in total. The number of rotatable bonds is 5. The van der Waals surface area contributed by atoms with Crippen LogP contribution in [0.15, 0.2) is 54.6 Å². The van der Waals surface area contributed by atoms with Gasteiger partial charge in [-0.1, -0.05) is 42.5 Å². The van der Waals surface area contributed by atoms with Crippen molar-refractivity contribution < 1.29 is 9.59 Å². The molecular weight excluding hydrogens is 288 g/mol. The molecular formula is C19H22N2O2. The highest BCUT2D eigenvalue weighted by Crippen LogP contribution is 2.15. The molecule has 0 heterocycles. The zero-order chi connectivity index (χ0) is 16.8. The molecule has 0 aliphatic carbocycles. The standard InChI is InChI=1S/C19H22N2O2/c1-15(22)21(3)18-11-9-16(10-12-18)13-19(23)20(2)14-17-7-5-4-6-8-17/h4-12H,13-14H2,1-3H3. The molecule has 120 valence electrons. The summed E-state index contributed by atoms with van der Waals surface area (Å²) in [5.41, 5.74) is 2.88. The van der Waals surface area contributed by atoms with Gasteiger partial charge in [-0.25, -0.2) is 0 Å². The van der Waals surface area contributed by atoms with Gasteiger partial charge in [-0.15, -0.1) is 0 Å². The smallest absolute Gasteiger partial charge is 0.227 e. The monoisotopic (exact) mass is 310 g/mol. The summed E-state index contributed by atoms with van der Waals surface area (Å²) in [5, 5.41) is 0. The van der Waals surface area contributed by atoms with Crippen LogP contribution in [-0.2, 0) is 22.6 Å². The topological polar surface area (TPSA) is 40.6 Å². The number of anilines is 1. The summed E-state index contributed by atoms with van der Waals surface area (Å²) in [6.07, 6.45) is 0.355. The van der Waals surface area contributed by atoms with E-state index in [1.807, 2.05) is 61.6 Å². The van der Waals surface area contributed by atoms with Gasteiger partial charge in [0.15, 0.2) is 0 Å². The molecule has 0 aliphatic heterocycles. The molecule has 0 bridgehead atoms. The number of nitrogens with zero attached hydrogens (tertiary/aromatic N) is 2. The van der Waals surface area contributed by atoms with Crippen molar-refractivity contribution >= 4 is 17.5 Å². The number of carbonyl (C=O) groups excluding carboxylic acids is 2. The summed E-state index contributed by atoms with van der Waals surface area (Å²) in [7, 11) is 3.55. The van der Waals surface area contributed by atoms with Crippen molar-refractivity contribution in [2.24, 2.45) is 0 Å². The molecule has 0 aromatic heterocycles. The Kier molecular flexibility index (Phi) is 5.52. The fraction of sp³-hybridized carbons (Fsp3) is 0.263. The summed E-state index contributed by atoms with van der Waals surface area (Å²) in [6.45, 7) is 2.13. The van der Waals surface area contributed by atoms with Crippen LogP contribution in [0.3, 0.4) is 0 Å². The Morgan fingerprint density at radius 3 is 2.04 bits per heavy atom. The van der Waals surface area contributed by atoms with E-state index >= 15 is 0 Å². The Labute approximate surface area is 137 Å². The number of amides is 2. The third-order valence-corrected chi connectivity index (χ3v) is 3.84. The number of hydrogen-bond acceptors (Lipinski definition) is 2. The second kappa shape index (κ2) is 7.58. The number of benzene rings is 2. The Hall–Kier alpha value is -2.62. The minimum absolute atomic E-state index is 0.0172. The molecule has 0 saturated carbocycles. The van der Waals surface area contributed by atoms with Crippen molar-refractivity contribution in [2.75, 3.05) is 19.0 Å². The van der Waals surface area contributed by atoms with Crippen LogP contribution in [0.1, 0.15) is 18.1 Å². The van der Waals surface area contributed by atoms with Crippen LogP contribution in [-0.4, -0.2) is 30.8 Å². The van der Waals surface area contributed by atoms with E-state index in [9.17, 15) is 9.59 Å². The number of likely N-dealkylation sites (N-methyl/N-ethyl adjacent to an activating group) is 1. The Balaban J connectivity index is 1.96. The average Bonchev–Trinajstić information content (AvgIpc) is 2.55. The fourth-order valence-electron chi connectivity index (χ4n) is 2.27.